The summed E-state index contributed by atoms with van der Waals surface area (Å²) in [6.07, 6.45) is -1.85. The van der Waals surface area contributed by atoms with Crippen molar-refractivity contribution in [3.05, 3.63) is 95.6 Å². The largest absolute Gasteiger partial charge is 0.433 e. The van der Waals surface area contributed by atoms with E-state index in [1.807, 2.05) is 76.9 Å². The summed E-state index contributed by atoms with van der Waals surface area (Å²) in [5, 5.41) is 1.89. The van der Waals surface area contributed by atoms with Gasteiger partial charge < -0.3 is 15.0 Å². The Labute approximate surface area is 249 Å². The number of hydrogen-bond donors (Lipinski definition) is 1. The maximum atomic E-state index is 13.4. The highest BCUT2D eigenvalue weighted by atomic mass is 19.4. The Kier molecular flexibility index (Phi) is 7.94. The fourth-order valence-electron chi connectivity index (χ4n) is 6.78. The van der Waals surface area contributed by atoms with Crippen molar-refractivity contribution in [3.63, 3.8) is 0 Å². The molecule has 1 saturated carbocycles. The van der Waals surface area contributed by atoms with Gasteiger partial charge in [0.05, 0.1) is 5.41 Å². The summed E-state index contributed by atoms with van der Waals surface area (Å²) in [5.41, 5.74) is 3.01. The van der Waals surface area contributed by atoms with E-state index in [9.17, 15) is 22.8 Å². The van der Waals surface area contributed by atoms with Crippen LogP contribution in [0.2, 0.25) is 0 Å². The van der Waals surface area contributed by atoms with Gasteiger partial charge in [-0.05, 0) is 55.3 Å². The monoisotopic (exact) mass is 591 g/mol. The van der Waals surface area contributed by atoms with Crippen LogP contribution in [0.5, 0.6) is 0 Å². The number of halogens is 3. The van der Waals surface area contributed by atoms with Crippen LogP contribution >= 0.6 is 0 Å². The predicted octanol–water partition coefficient (Wildman–Crippen LogP) is 6.25. The van der Waals surface area contributed by atoms with Crippen molar-refractivity contribution in [1.29, 1.82) is 0 Å². The van der Waals surface area contributed by atoms with E-state index in [2.05, 4.69) is 17.0 Å². The quantitative estimate of drug-likeness (QED) is 0.299. The second-order valence-corrected chi connectivity index (χ2v) is 11.8. The number of unbranched alkanes of at least 4 members (excludes halogenated alkanes) is 1. The Bertz CT molecular complexity index is 1420. The van der Waals surface area contributed by atoms with Crippen molar-refractivity contribution in [2.75, 3.05) is 39.3 Å². The number of hydrogen-bond acceptors (Lipinski definition) is 4. The molecule has 1 N–H and O–H groups in total. The summed E-state index contributed by atoms with van der Waals surface area (Å²) in [5.74, 6) is 0.236. The first-order chi connectivity index (χ1) is 20.7. The molecule has 0 radical (unpaired) electrons. The Morgan fingerprint density at radius 3 is 1.95 bits per heavy atom. The number of ether oxygens (including phenoxy) is 1. The number of piperazine rings is 1. The predicted molar refractivity (Wildman–Crippen MR) is 157 cm³/mol. The number of amides is 2. The second-order valence-electron chi connectivity index (χ2n) is 11.8. The molecule has 1 aliphatic heterocycles. The minimum atomic E-state index is -4.53. The highest BCUT2D eigenvalue weighted by molar-refractivity contribution is 5.91. The number of alkyl carbamates (subject to hydrolysis) is 1. The maximum Gasteiger partial charge on any atom is 0.408 e. The first-order valence-electron chi connectivity index (χ1n) is 15.0. The molecule has 43 heavy (non-hydrogen) atoms. The van der Waals surface area contributed by atoms with Crippen molar-refractivity contribution in [1.82, 2.24) is 15.1 Å². The summed E-state index contributed by atoms with van der Waals surface area (Å²) in [7, 11) is 0. The zero-order chi connectivity index (χ0) is 30.1. The molecule has 226 valence electrons. The minimum absolute atomic E-state index is 0.236. The molecule has 2 aliphatic carbocycles. The highest BCUT2D eigenvalue weighted by Crippen LogP contribution is 2.52. The zero-order valence-corrected chi connectivity index (χ0v) is 24.0. The zero-order valence-electron chi connectivity index (χ0n) is 24.0. The van der Waals surface area contributed by atoms with Crippen molar-refractivity contribution in [2.45, 2.75) is 49.3 Å². The van der Waals surface area contributed by atoms with Gasteiger partial charge in [0.2, 0.25) is 5.91 Å². The lowest BCUT2D eigenvalue weighted by atomic mass is 9.86. The van der Waals surface area contributed by atoms with Crippen LogP contribution in [0.15, 0.2) is 78.9 Å². The number of fused-ring (bicyclic) bond motifs is 3. The number of nitrogens with one attached hydrogen (secondary N) is 1. The lowest BCUT2D eigenvalue weighted by molar-refractivity contribution is -0.135. The molecule has 1 heterocycles. The van der Waals surface area contributed by atoms with Crippen LogP contribution in [-0.4, -0.2) is 67.2 Å². The SMILES string of the molecule is O=C(NCC(F)(F)F)OC1(CCCCN2CCN(C(=O)C3(c4ccccc4)CC3)CC2)c2ccccc2-c2ccccc21. The van der Waals surface area contributed by atoms with E-state index in [-0.39, 0.29) is 11.3 Å². The first-order valence-corrected chi connectivity index (χ1v) is 15.0. The van der Waals surface area contributed by atoms with Gasteiger partial charge in [0.1, 0.15) is 6.54 Å². The van der Waals surface area contributed by atoms with Crippen molar-refractivity contribution < 1.29 is 27.5 Å². The molecule has 0 aromatic heterocycles. The molecule has 0 atom stereocenters. The van der Waals surface area contributed by atoms with Gasteiger partial charge in [-0.3, -0.25) is 9.69 Å². The van der Waals surface area contributed by atoms with E-state index in [0.717, 1.165) is 66.7 Å². The molecule has 3 aromatic carbocycles. The second kappa shape index (κ2) is 11.7. The topological polar surface area (TPSA) is 61.9 Å². The Hall–Kier alpha value is -3.85. The molecular weight excluding hydrogens is 555 g/mol. The molecular formula is C34H36F3N3O3. The number of carbonyl (C=O) groups excluding carboxylic acids is 2. The molecule has 2 amide bonds. The summed E-state index contributed by atoms with van der Waals surface area (Å²) in [6.45, 7) is 2.35. The molecule has 2 fully saturated rings. The van der Waals surface area contributed by atoms with E-state index in [0.29, 0.717) is 25.9 Å². The fourth-order valence-corrected chi connectivity index (χ4v) is 6.78. The van der Waals surface area contributed by atoms with Gasteiger partial charge >= 0.3 is 12.3 Å². The minimum Gasteiger partial charge on any atom is -0.433 e. The smallest absolute Gasteiger partial charge is 0.408 e. The molecule has 0 bridgehead atoms. The highest BCUT2D eigenvalue weighted by Gasteiger charge is 2.53. The number of rotatable bonds is 9. The first kappa shape index (κ1) is 29.2. The summed E-state index contributed by atoms with van der Waals surface area (Å²) >= 11 is 0. The van der Waals surface area contributed by atoms with Crippen LogP contribution in [0.25, 0.3) is 11.1 Å². The van der Waals surface area contributed by atoms with Crippen LogP contribution in [-0.2, 0) is 20.5 Å². The number of alkyl halides is 3. The molecule has 9 heteroatoms. The molecule has 6 rings (SSSR count). The van der Waals surface area contributed by atoms with E-state index < -0.39 is 24.4 Å². The third-order valence-electron chi connectivity index (χ3n) is 9.11. The molecule has 3 aliphatic rings. The van der Waals surface area contributed by atoms with Gasteiger partial charge in [0, 0.05) is 37.3 Å². The lowest BCUT2D eigenvalue weighted by Crippen LogP contribution is -2.51. The fraction of sp³-hybridized carbons (Fsp3) is 0.412. The van der Waals surface area contributed by atoms with Gasteiger partial charge in [0.25, 0.3) is 0 Å². The third kappa shape index (κ3) is 5.87. The van der Waals surface area contributed by atoms with Crippen LogP contribution in [0.3, 0.4) is 0 Å². The van der Waals surface area contributed by atoms with Gasteiger partial charge in [-0.2, -0.15) is 13.2 Å². The maximum absolute atomic E-state index is 13.4. The molecule has 0 spiro atoms. The average Bonchev–Trinajstić information content (AvgIpc) is 3.79. The lowest BCUT2D eigenvalue weighted by Gasteiger charge is -2.37. The van der Waals surface area contributed by atoms with Crippen molar-refractivity contribution in [2.24, 2.45) is 0 Å². The number of nitrogens with zero attached hydrogens (tertiary/aromatic N) is 2. The summed E-state index contributed by atoms with van der Waals surface area (Å²) in [6, 6.07) is 25.3. The van der Waals surface area contributed by atoms with Crippen LogP contribution in [0.1, 0.15) is 48.8 Å². The standard InChI is InChI=1S/C34H36F3N3O3/c35-34(36,37)24-38-31(42)43-33(28-14-6-4-12-26(28)27-13-5-7-15-29(27)33)16-8-9-19-39-20-22-40(23-21-39)30(41)32(17-18-32)25-10-2-1-3-11-25/h1-7,10-15H,8-9,16-24H2,(H,38,42). The summed E-state index contributed by atoms with van der Waals surface area (Å²) in [4.78, 5) is 30.5. The Morgan fingerprint density at radius 1 is 0.791 bits per heavy atom. The molecule has 0 unspecified atom stereocenters. The Balaban J connectivity index is 1.08. The molecule has 3 aromatic rings. The Morgan fingerprint density at radius 2 is 1.37 bits per heavy atom. The van der Waals surface area contributed by atoms with Gasteiger partial charge in [0.15, 0.2) is 5.60 Å². The van der Waals surface area contributed by atoms with E-state index >= 15 is 0 Å². The van der Waals surface area contributed by atoms with Crippen LogP contribution in [0.4, 0.5) is 18.0 Å². The van der Waals surface area contributed by atoms with Crippen molar-refractivity contribution in [3.8, 4) is 11.1 Å². The van der Waals surface area contributed by atoms with E-state index in [1.54, 1.807) is 0 Å². The molecule has 1 saturated heterocycles. The summed E-state index contributed by atoms with van der Waals surface area (Å²) < 4.78 is 44.5. The van der Waals surface area contributed by atoms with Gasteiger partial charge in [-0.25, -0.2) is 4.79 Å². The number of carbonyl (C=O) groups is 2. The van der Waals surface area contributed by atoms with Crippen LogP contribution < -0.4 is 5.32 Å². The number of benzene rings is 3. The average molecular weight is 592 g/mol. The van der Waals surface area contributed by atoms with Crippen LogP contribution in [0, 0.1) is 0 Å². The van der Waals surface area contributed by atoms with Gasteiger partial charge in [-0.15, -0.1) is 0 Å². The normalized spacial score (nSPS) is 18.4. The molecule has 6 nitrogen and oxygen atoms in total. The van der Waals surface area contributed by atoms with E-state index in [4.69, 9.17) is 4.74 Å². The van der Waals surface area contributed by atoms with E-state index in [1.165, 1.54) is 0 Å². The van der Waals surface area contributed by atoms with Crippen molar-refractivity contribution >= 4 is 12.0 Å². The van der Waals surface area contributed by atoms with Gasteiger partial charge in [-0.1, -0.05) is 78.9 Å². The third-order valence-corrected chi connectivity index (χ3v) is 9.11.